The number of hydrogen-bond acceptors (Lipinski definition) is 6. The Hall–Kier alpha value is -4.71. The van der Waals surface area contributed by atoms with Gasteiger partial charge < -0.3 is 15.8 Å². The summed E-state index contributed by atoms with van der Waals surface area (Å²) in [5.41, 5.74) is 6.13. The van der Waals surface area contributed by atoms with Gasteiger partial charge in [-0.05, 0) is 86.6 Å². The van der Waals surface area contributed by atoms with E-state index in [4.69, 9.17) is 10.5 Å². The second-order valence-corrected chi connectivity index (χ2v) is 12.0. The molecule has 1 aliphatic rings. The van der Waals surface area contributed by atoms with Crippen LogP contribution in [0.4, 0.5) is 23.7 Å². The minimum atomic E-state index is -4.77. The molecule has 0 aliphatic heterocycles. The molecule has 45 heavy (non-hydrogen) atoms. The Morgan fingerprint density at radius 1 is 1.04 bits per heavy atom. The first kappa shape index (κ1) is 31.7. The Morgan fingerprint density at radius 2 is 1.78 bits per heavy atom. The number of nitrogens with two attached hydrogens (primary N) is 1. The van der Waals surface area contributed by atoms with E-state index in [1.54, 1.807) is 86.6 Å². The summed E-state index contributed by atoms with van der Waals surface area (Å²) in [6.07, 6.45) is 0.0500. The summed E-state index contributed by atoms with van der Waals surface area (Å²) in [7, 11) is 0. The molecule has 0 saturated heterocycles. The summed E-state index contributed by atoms with van der Waals surface area (Å²) in [4.78, 5) is 33.1. The van der Waals surface area contributed by atoms with Crippen LogP contribution >= 0.6 is 0 Å². The number of amides is 2. The third-order valence-electron chi connectivity index (χ3n) is 7.18. The fraction of sp³-hybridized carbons (Fsp3) is 0.333. The monoisotopic (exact) mass is 620 g/mol. The van der Waals surface area contributed by atoms with Crippen molar-refractivity contribution in [3.8, 4) is 5.69 Å². The molecule has 236 valence electrons. The number of carbonyl (C=O) groups excluding carboxylic acids is 2. The van der Waals surface area contributed by atoms with E-state index in [2.05, 4.69) is 15.4 Å². The SMILES string of the molecule is CC(C)(C)OC(=O)N(CC1CC1)C(c1cccnc1)c1cccc(NC(=O)c2cc(C(F)(F)F)nn2-c2cccc(CN)c2)c1. The van der Waals surface area contributed by atoms with Crippen molar-refractivity contribution < 1.29 is 27.5 Å². The van der Waals surface area contributed by atoms with E-state index in [0.717, 1.165) is 23.1 Å². The Kier molecular flexibility index (Phi) is 8.96. The molecule has 2 amide bonds. The first-order valence-corrected chi connectivity index (χ1v) is 14.6. The van der Waals surface area contributed by atoms with Crippen molar-refractivity contribution in [2.75, 3.05) is 11.9 Å². The zero-order chi connectivity index (χ0) is 32.4. The average molecular weight is 621 g/mol. The molecule has 0 bridgehead atoms. The minimum Gasteiger partial charge on any atom is -0.444 e. The van der Waals surface area contributed by atoms with Gasteiger partial charge in [-0.25, -0.2) is 9.48 Å². The summed E-state index contributed by atoms with van der Waals surface area (Å²) in [6, 6.07) is 17.1. The summed E-state index contributed by atoms with van der Waals surface area (Å²) >= 11 is 0. The predicted molar refractivity (Wildman–Crippen MR) is 163 cm³/mol. The number of aromatic nitrogens is 3. The van der Waals surface area contributed by atoms with Gasteiger partial charge in [-0.2, -0.15) is 18.3 Å². The maximum absolute atomic E-state index is 13.7. The van der Waals surface area contributed by atoms with Crippen molar-refractivity contribution in [3.05, 3.63) is 107 Å². The third-order valence-corrected chi connectivity index (χ3v) is 7.18. The molecule has 0 radical (unpaired) electrons. The number of ether oxygens (including phenoxy) is 1. The second kappa shape index (κ2) is 12.7. The lowest BCUT2D eigenvalue weighted by Gasteiger charge is -2.34. The van der Waals surface area contributed by atoms with Crippen LogP contribution in [0.2, 0.25) is 0 Å². The predicted octanol–water partition coefficient (Wildman–Crippen LogP) is 6.73. The lowest BCUT2D eigenvalue weighted by molar-refractivity contribution is -0.141. The molecule has 0 spiro atoms. The van der Waals surface area contributed by atoms with Gasteiger partial charge >= 0.3 is 12.3 Å². The van der Waals surface area contributed by atoms with Crippen LogP contribution in [0.5, 0.6) is 0 Å². The highest BCUT2D eigenvalue weighted by Gasteiger charge is 2.37. The lowest BCUT2D eigenvalue weighted by Crippen LogP contribution is -2.41. The van der Waals surface area contributed by atoms with Crippen LogP contribution in [0.1, 0.15) is 72.5 Å². The van der Waals surface area contributed by atoms with Gasteiger partial charge in [0.05, 0.1) is 11.7 Å². The molecule has 2 heterocycles. The quantitative estimate of drug-likeness (QED) is 0.214. The Bertz CT molecular complexity index is 1660. The molecule has 1 aliphatic carbocycles. The largest absolute Gasteiger partial charge is 0.444 e. The van der Waals surface area contributed by atoms with Crippen molar-refractivity contribution >= 4 is 17.7 Å². The number of nitrogens with one attached hydrogen (secondary N) is 1. The highest BCUT2D eigenvalue weighted by Crippen LogP contribution is 2.37. The molecule has 5 rings (SSSR count). The normalized spacial score (nSPS) is 14.1. The van der Waals surface area contributed by atoms with E-state index in [9.17, 15) is 22.8 Å². The van der Waals surface area contributed by atoms with Crippen LogP contribution in [0.3, 0.4) is 0 Å². The zero-order valence-corrected chi connectivity index (χ0v) is 25.2. The van der Waals surface area contributed by atoms with Gasteiger partial charge in [0.15, 0.2) is 5.69 Å². The number of alkyl halides is 3. The van der Waals surface area contributed by atoms with Crippen LogP contribution in [-0.4, -0.2) is 43.8 Å². The number of hydrogen-bond donors (Lipinski definition) is 2. The Morgan fingerprint density at radius 3 is 2.42 bits per heavy atom. The van der Waals surface area contributed by atoms with Crippen LogP contribution in [0.25, 0.3) is 5.69 Å². The van der Waals surface area contributed by atoms with Crippen LogP contribution in [0, 0.1) is 5.92 Å². The number of nitrogens with zero attached hydrogens (tertiary/aromatic N) is 4. The second-order valence-electron chi connectivity index (χ2n) is 12.0. The Labute approximate surface area is 259 Å². The lowest BCUT2D eigenvalue weighted by atomic mass is 9.97. The number of benzene rings is 2. The van der Waals surface area contributed by atoms with Gasteiger partial charge in [-0.15, -0.1) is 0 Å². The van der Waals surface area contributed by atoms with Gasteiger partial charge in [0.2, 0.25) is 0 Å². The van der Waals surface area contributed by atoms with Crippen molar-refractivity contribution in [2.45, 2.75) is 58.0 Å². The molecular weight excluding hydrogens is 585 g/mol. The summed E-state index contributed by atoms with van der Waals surface area (Å²) in [6.45, 7) is 6.03. The van der Waals surface area contributed by atoms with Crippen LogP contribution < -0.4 is 11.1 Å². The molecule has 4 aromatic rings. The van der Waals surface area contributed by atoms with Crippen molar-refractivity contribution in [2.24, 2.45) is 11.7 Å². The maximum atomic E-state index is 13.7. The molecule has 2 aromatic heterocycles. The number of pyridine rings is 1. The van der Waals surface area contributed by atoms with Gasteiger partial charge in [-0.1, -0.05) is 30.3 Å². The van der Waals surface area contributed by atoms with E-state index in [1.165, 1.54) is 0 Å². The molecule has 1 atom stereocenters. The van der Waals surface area contributed by atoms with E-state index in [0.29, 0.717) is 35.3 Å². The summed E-state index contributed by atoms with van der Waals surface area (Å²) < 4.78 is 47.8. The van der Waals surface area contributed by atoms with E-state index < -0.39 is 35.5 Å². The smallest absolute Gasteiger partial charge is 0.435 e. The van der Waals surface area contributed by atoms with E-state index in [1.807, 2.05) is 12.1 Å². The first-order valence-electron chi connectivity index (χ1n) is 14.6. The molecule has 3 N–H and O–H groups in total. The summed E-state index contributed by atoms with van der Waals surface area (Å²) in [5, 5.41) is 6.43. The van der Waals surface area contributed by atoms with Gasteiger partial charge in [0.25, 0.3) is 5.91 Å². The number of anilines is 1. The van der Waals surface area contributed by atoms with Crippen LogP contribution in [-0.2, 0) is 17.5 Å². The minimum absolute atomic E-state index is 0.161. The number of rotatable bonds is 9. The Balaban J connectivity index is 1.51. The topological polar surface area (TPSA) is 115 Å². The fourth-order valence-electron chi connectivity index (χ4n) is 4.95. The van der Waals surface area contributed by atoms with Gasteiger partial charge in [0.1, 0.15) is 11.3 Å². The van der Waals surface area contributed by atoms with Gasteiger partial charge in [-0.3, -0.25) is 14.7 Å². The molecule has 2 aromatic carbocycles. The van der Waals surface area contributed by atoms with Crippen LogP contribution in [0.15, 0.2) is 79.1 Å². The summed E-state index contributed by atoms with van der Waals surface area (Å²) in [5.74, 6) is -0.464. The standard InChI is InChI=1S/C33H35F3N6O3/c1-32(2,3)45-31(44)41(20-21-12-13-21)29(24-9-6-14-38-19-24)23-8-5-10-25(16-23)39-30(43)27-17-28(33(34,35)36)40-42(27)26-11-4-7-22(15-26)18-37/h4-11,14-17,19,21,29H,12-13,18,20,37H2,1-3H3,(H,39,43). The van der Waals surface area contributed by atoms with E-state index in [-0.39, 0.29) is 17.9 Å². The fourth-order valence-corrected chi connectivity index (χ4v) is 4.95. The number of carbonyl (C=O) groups is 2. The molecule has 1 saturated carbocycles. The first-order chi connectivity index (χ1) is 21.3. The highest BCUT2D eigenvalue weighted by atomic mass is 19.4. The molecular formula is C33H35F3N6O3. The van der Waals surface area contributed by atoms with E-state index >= 15 is 0 Å². The molecule has 12 heteroatoms. The van der Waals surface area contributed by atoms with Crippen molar-refractivity contribution in [1.29, 1.82) is 0 Å². The molecule has 1 fully saturated rings. The third kappa shape index (κ3) is 7.88. The molecule has 9 nitrogen and oxygen atoms in total. The molecule has 1 unspecified atom stereocenters. The van der Waals surface area contributed by atoms with Gasteiger partial charge in [0, 0.05) is 37.2 Å². The van der Waals surface area contributed by atoms with Crippen molar-refractivity contribution in [1.82, 2.24) is 19.7 Å². The zero-order valence-electron chi connectivity index (χ0n) is 25.2. The average Bonchev–Trinajstić information content (AvgIpc) is 3.69. The highest BCUT2D eigenvalue weighted by molar-refractivity contribution is 6.03. The maximum Gasteiger partial charge on any atom is 0.435 e. The number of halogens is 3. The van der Waals surface area contributed by atoms with Crippen molar-refractivity contribution in [3.63, 3.8) is 0 Å².